The number of thiophene rings is 1. The van der Waals surface area contributed by atoms with Gasteiger partial charge in [-0.15, -0.1) is 11.3 Å². The van der Waals surface area contributed by atoms with E-state index in [2.05, 4.69) is 17.9 Å². The van der Waals surface area contributed by atoms with Crippen LogP contribution < -0.4 is 10.6 Å². The second kappa shape index (κ2) is 4.99. The van der Waals surface area contributed by atoms with Crippen LogP contribution in [0.2, 0.25) is 0 Å². The predicted molar refractivity (Wildman–Crippen MR) is 74.1 cm³/mol. The smallest absolute Gasteiger partial charge is 0.171 e. The molecule has 5 heteroatoms. The average molecular weight is 263 g/mol. The molecule has 0 amide bonds. The van der Waals surface area contributed by atoms with Gasteiger partial charge in [-0.1, -0.05) is 6.92 Å². The molecule has 0 aromatic carbocycles. The van der Waals surface area contributed by atoms with Crippen LogP contribution in [-0.4, -0.2) is 18.9 Å². The Morgan fingerprint density at radius 1 is 1.61 bits per heavy atom. The SMILES string of the molecule is CC(=O)c1sc(N2CCCC(C)C2)c(C#N)c1N. The fraction of sp³-hybridized carbons (Fsp3) is 0.538. The van der Waals surface area contributed by atoms with Gasteiger partial charge in [-0.05, 0) is 18.8 Å². The molecule has 18 heavy (non-hydrogen) atoms. The summed E-state index contributed by atoms with van der Waals surface area (Å²) < 4.78 is 0. The first-order chi connectivity index (χ1) is 8.54. The third-order valence-corrected chi connectivity index (χ3v) is 4.67. The van der Waals surface area contributed by atoms with Crippen LogP contribution in [0.15, 0.2) is 0 Å². The average Bonchev–Trinajstić information content (AvgIpc) is 2.66. The zero-order chi connectivity index (χ0) is 13.3. The molecule has 1 atom stereocenters. The highest BCUT2D eigenvalue weighted by atomic mass is 32.1. The van der Waals surface area contributed by atoms with Crippen LogP contribution in [-0.2, 0) is 0 Å². The summed E-state index contributed by atoms with van der Waals surface area (Å²) in [6.45, 7) is 5.58. The summed E-state index contributed by atoms with van der Waals surface area (Å²) in [6.07, 6.45) is 2.35. The third kappa shape index (κ3) is 2.21. The van der Waals surface area contributed by atoms with Crippen molar-refractivity contribution in [1.82, 2.24) is 0 Å². The second-order valence-electron chi connectivity index (χ2n) is 4.89. The van der Waals surface area contributed by atoms with E-state index in [4.69, 9.17) is 5.73 Å². The summed E-state index contributed by atoms with van der Waals surface area (Å²) in [5.74, 6) is 0.555. The molecule has 0 radical (unpaired) electrons. The Balaban J connectivity index is 2.41. The molecule has 1 aromatic rings. The molecule has 0 bridgehead atoms. The number of ketones is 1. The number of piperidine rings is 1. The molecule has 0 aliphatic carbocycles. The lowest BCUT2D eigenvalue weighted by Crippen LogP contribution is -2.34. The summed E-state index contributed by atoms with van der Waals surface area (Å²) >= 11 is 1.36. The minimum absolute atomic E-state index is 0.0645. The molecule has 1 fully saturated rings. The summed E-state index contributed by atoms with van der Waals surface area (Å²) in [6, 6.07) is 2.14. The molecule has 4 nitrogen and oxygen atoms in total. The third-order valence-electron chi connectivity index (χ3n) is 3.30. The molecule has 1 saturated heterocycles. The number of Topliss-reactive ketones (excluding diaryl/α,β-unsaturated/α-hetero) is 1. The van der Waals surface area contributed by atoms with E-state index in [1.807, 2.05) is 0 Å². The highest BCUT2D eigenvalue weighted by molar-refractivity contribution is 7.19. The van der Waals surface area contributed by atoms with Gasteiger partial charge in [0.25, 0.3) is 0 Å². The highest BCUT2D eigenvalue weighted by Gasteiger charge is 2.25. The van der Waals surface area contributed by atoms with Crippen molar-refractivity contribution in [2.45, 2.75) is 26.7 Å². The highest BCUT2D eigenvalue weighted by Crippen LogP contribution is 2.39. The van der Waals surface area contributed by atoms with Crippen molar-refractivity contribution in [3.63, 3.8) is 0 Å². The lowest BCUT2D eigenvalue weighted by molar-refractivity contribution is 0.102. The van der Waals surface area contributed by atoms with E-state index in [1.54, 1.807) is 0 Å². The van der Waals surface area contributed by atoms with Crippen molar-refractivity contribution in [2.24, 2.45) is 5.92 Å². The second-order valence-corrected chi connectivity index (χ2v) is 5.89. The molecule has 1 aromatic heterocycles. The number of nitrogens with two attached hydrogens (primary N) is 1. The van der Waals surface area contributed by atoms with Gasteiger partial charge in [0.1, 0.15) is 16.6 Å². The van der Waals surface area contributed by atoms with E-state index in [1.165, 1.54) is 24.7 Å². The Morgan fingerprint density at radius 3 is 2.89 bits per heavy atom. The lowest BCUT2D eigenvalue weighted by Gasteiger charge is -2.31. The van der Waals surface area contributed by atoms with Gasteiger partial charge in [-0.2, -0.15) is 5.26 Å². The van der Waals surface area contributed by atoms with Crippen molar-refractivity contribution < 1.29 is 4.79 Å². The molecule has 2 rings (SSSR count). The molecular formula is C13H17N3OS. The molecule has 1 aliphatic heterocycles. The van der Waals surface area contributed by atoms with E-state index in [0.29, 0.717) is 22.0 Å². The van der Waals surface area contributed by atoms with Crippen LogP contribution >= 0.6 is 11.3 Å². The molecule has 2 N–H and O–H groups in total. The van der Waals surface area contributed by atoms with Gasteiger partial charge >= 0.3 is 0 Å². The molecule has 1 unspecified atom stereocenters. The number of nitrogens with zero attached hydrogens (tertiary/aromatic N) is 2. The summed E-state index contributed by atoms with van der Waals surface area (Å²) in [5.41, 5.74) is 6.72. The fourth-order valence-electron chi connectivity index (χ4n) is 2.40. The first kappa shape index (κ1) is 12.9. The van der Waals surface area contributed by atoms with Gasteiger partial charge < -0.3 is 10.6 Å². The van der Waals surface area contributed by atoms with E-state index in [9.17, 15) is 10.1 Å². The number of hydrogen-bond acceptors (Lipinski definition) is 5. The van der Waals surface area contributed by atoms with Crippen molar-refractivity contribution in [3.05, 3.63) is 10.4 Å². The van der Waals surface area contributed by atoms with Gasteiger partial charge in [-0.25, -0.2) is 0 Å². The Bertz CT molecular complexity index is 515. The number of hydrogen-bond donors (Lipinski definition) is 1. The monoisotopic (exact) mass is 263 g/mol. The van der Waals surface area contributed by atoms with Crippen molar-refractivity contribution in [2.75, 3.05) is 23.7 Å². The van der Waals surface area contributed by atoms with Gasteiger partial charge in [0.15, 0.2) is 5.78 Å². The number of nitriles is 1. The number of carbonyl (C=O) groups excluding carboxylic acids is 1. The van der Waals surface area contributed by atoms with Crippen molar-refractivity contribution in [3.8, 4) is 6.07 Å². The number of anilines is 2. The van der Waals surface area contributed by atoms with Crippen molar-refractivity contribution in [1.29, 1.82) is 5.26 Å². The van der Waals surface area contributed by atoms with E-state index >= 15 is 0 Å². The topological polar surface area (TPSA) is 70.1 Å². The number of carbonyl (C=O) groups is 1. The lowest BCUT2D eigenvalue weighted by atomic mass is 10.0. The Morgan fingerprint density at radius 2 is 2.33 bits per heavy atom. The molecule has 2 heterocycles. The first-order valence-electron chi connectivity index (χ1n) is 6.12. The molecule has 96 valence electrons. The van der Waals surface area contributed by atoms with E-state index < -0.39 is 0 Å². The van der Waals surface area contributed by atoms with Gasteiger partial charge in [0.05, 0.1) is 10.6 Å². The first-order valence-corrected chi connectivity index (χ1v) is 6.94. The minimum Gasteiger partial charge on any atom is -0.396 e. The predicted octanol–water partition coefficient (Wildman–Crippen LogP) is 2.64. The zero-order valence-electron chi connectivity index (χ0n) is 10.7. The van der Waals surface area contributed by atoms with Crippen LogP contribution in [0.5, 0.6) is 0 Å². The minimum atomic E-state index is -0.0645. The van der Waals surface area contributed by atoms with E-state index in [0.717, 1.165) is 24.5 Å². The fourth-order valence-corrected chi connectivity index (χ4v) is 3.50. The van der Waals surface area contributed by atoms with Crippen LogP contribution in [0.3, 0.4) is 0 Å². The van der Waals surface area contributed by atoms with Crippen LogP contribution in [0.1, 0.15) is 41.9 Å². The Labute approximate surface area is 111 Å². The maximum atomic E-state index is 11.5. The maximum Gasteiger partial charge on any atom is 0.171 e. The quantitative estimate of drug-likeness (QED) is 0.833. The number of nitrogen functional groups attached to an aromatic ring is 1. The Hall–Kier alpha value is -1.54. The van der Waals surface area contributed by atoms with Crippen LogP contribution in [0, 0.1) is 17.2 Å². The molecule has 0 saturated carbocycles. The molecule has 1 aliphatic rings. The van der Waals surface area contributed by atoms with Gasteiger partial charge in [0, 0.05) is 20.0 Å². The summed E-state index contributed by atoms with van der Waals surface area (Å²) in [5, 5.41) is 10.1. The van der Waals surface area contributed by atoms with E-state index in [-0.39, 0.29) is 5.78 Å². The van der Waals surface area contributed by atoms with Crippen LogP contribution in [0.4, 0.5) is 10.7 Å². The maximum absolute atomic E-state index is 11.5. The van der Waals surface area contributed by atoms with Crippen molar-refractivity contribution >= 4 is 27.8 Å². The normalized spacial score (nSPS) is 19.6. The zero-order valence-corrected chi connectivity index (χ0v) is 11.5. The van der Waals surface area contributed by atoms with Gasteiger partial charge in [-0.3, -0.25) is 4.79 Å². The molecule has 0 spiro atoms. The largest absolute Gasteiger partial charge is 0.396 e. The van der Waals surface area contributed by atoms with Crippen LogP contribution in [0.25, 0.3) is 0 Å². The molecular weight excluding hydrogens is 246 g/mol. The standard InChI is InChI=1S/C13H17N3OS/c1-8-4-3-5-16(7-8)13-10(6-14)11(15)12(18-13)9(2)17/h8H,3-5,7,15H2,1-2H3. The summed E-state index contributed by atoms with van der Waals surface area (Å²) in [4.78, 5) is 14.2. The Kier molecular flexibility index (Phi) is 3.58. The summed E-state index contributed by atoms with van der Waals surface area (Å²) in [7, 11) is 0. The number of rotatable bonds is 2. The van der Waals surface area contributed by atoms with Gasteiger partial charge in [0.2, 0.25) is 0 Å².